The maximum Gasteiger partial charge on any atom is 0.333 e. The summed E-state index contributed by atoms with van der Waals surface area (Å²) in [5, 5.41) is 8.88. The first kappa shape index (κ1) is 10.5. The van der Waals surface area contributed by atoms with E-state index in [0.717, 1.165) is 19.3 Å². The van der Waals surface area contributed by atoms with Crippen LogP contribution in [0.1, 0.15) is 19.3 Å². The van der Waals surface area contributed by atoms with Crippen LogP contribution in [0.15, 0.2) is 0 Å². The molecule has 1 N–H and O–H groups in total. The summed E-state index contributed by atoms with van der Waals surface area (Å²) >= 11 is 0. The van der Waals surface area contributed by atoms with Crippen molar-refractivity contribution in [3.63, 3.8) is 0 Å². The number of carbonyl (C=O) groups is 1. The van der Waals surface area contributed by atoms with Crippen molar-refractivity contribution in [1.82, 2.24) is 0 Å². The van der Waals surface area contributed by atoms with E-state index in [4.69, 9.17) is 14.6 Å². The van der Waals surface area contributed by atoms with Crippen molar-refractivity contribution >= 4 is 5.97 Å². The van der Waals surface area contributed by atoms with Gasteiger partial charge >= 0.3 is 5.97 Å². The SMILES string of the molecule is COCCC1(C(OC)C(=O)O)CC1. The largest absolute Gasteiger partial charge is 0.479 e. The predicted molar refractivity (Wildman–Crippen MR) is 46.6 cm³/mol. The molecule has 1 aliphatic carbocycles. The molecule has 4 nitrogen and oxygen atoms in total. The third kappa shape index (κ3) is 2.19. The maximum atomic E-state index is 10.8. The van der Waals surface area contributed by atoms with Crippen molar-refractivity contribution in [3.05, 3.63) is 0 Å². The van der Waals surface area contributed by atoms with Crippen LogP contribution in [0.3, 0.4) is 0 Å². The van der Waals surface area contributed by atoms with Crippen LogP contribution in [0.2, 0.25) is 0 Å². The number of aliphatic carboxylic acids is 1. The fraction of sp³-hybridized carbons (Fsp3) is 0.889. The quantitative estimate of drug-likeness (QED) is 0.673. The summed E-state index contributed by atoms with van der Waals surface area (Å²) < 4.78 is 9.92. The summed E-state index contributed by atoms with van der Waals surface area (Å²) in [7, 11) is 3.07. The number of hydrogen-bond acceptors (Lipinski definition) is 3. The molecule has 0 aromatic heterocycles. The van der Waals surface area contributed by atoms with E-state index in [-0.39, 0.29) is 5.41 Å². The smallest absolute Gasteiger partial charge is 0.333 e. The Balaban J connectivity index is 2.51. The molecule has 0 heterocycles. The first-order valence-corrected chi connectivity index (χ1v) is 4.41. The lowest BCUT2D eigenvalue weighted by molar-refractivity contribution is -0.153. The van der Waals surface area contributed by atoms with Gasteiger partial charge in [0.2, 0.25) is 0 Å². The zero-order valence-corrected chi connectivity index (χ0v) is 8.08. The lowest BCUT2D eigenvalue weighted by Gasteiger charge is -2.21. The molecule has 1 saturated carbocycles. The van der Waals surface area contributed by atoms with E-state index in [1.165, 1.54) is 7.11 Å². The van der Waals surface area contributed by atoms with Crippen LogP contribution in [-0.2, 0) is 14.3 Å². The second kappa shape index (κ2) is 4.07. The third-order valence-electron chi connectivity index (χ3n) is 2.71. The van der Waals surface area contributed by atoms with E-state index < -0.39 is 12.1 Å². The van der Waals surface area contributed by atoms with Gasteiger partial charge in [0.25, 0.3) is 0 Å². The molecule has 0 radical (unpaired) electrons. The Morgan fingerprint density at radius 2 is 2.15 bits per heavy atom. The van der Waals surface area contributed by atoms with Crippen LogP contribution >= 0.6 is 0 Å². The maximum absolute atomic E-state index is 10.8. The molecular weight excluding hydrogens is 172 g/mol. The Morgan fingerprint density at radius 3 is 2.46 bits per heavy atom. The standard InChI is InChI=1S/C9H16O4/c1-12-6-5-9(3-4-9)7(13-2)8(10)11/h7H,3-6H2,1-2H3,(H,10,11). The molecule has 76 valence electrons. The fourth-order valence-corrected chi connectivity index (χ4v) is 1.72. The minimum absolute atomic E-state index is 0.156. The molecule has 0 saturated heterocycles. The predicted octanol–water partition coefficient (Wildman–Crippen LogP) is 0.903. The van der Waals surface area contributed by atoms with E-state index in [2.05, 4.69) is 0 Å². The Bertz CT molecular complexity index is 186. The number of ether oxygens (including phenoxy) is 2. The highest BCUT2D eigenvalue weighted by atomic mass is 16.5. The van der Waals surface area contributed by atoms with Gasteiger partial charge in [-0.15, -0.1) is 0 Å². The summed E-state index contributed by atoms with van der Waals surface area (Å²) in [4.78, 5) is 10.8. The molecule has 4 heteroatoms. The van der Waals surface area contributed by atoms with Gasteiger partial charge in [0.1, 0.15) is 0 Å². The van der Waals surface area contributed by atoms with Gasteiger partial charge in [-0.3, -0.25) is 0 Å². The van der Waals surface area contributed by atoms with Gasteiger partial charge in [0, 0.05) is 26.2 Å². The summed E-state index contributed by atoms with van der Waals surface area (Å²) in [6.07, 6.45) is 1.97. The molecule has 1 aliphatic rings. The molecule has 0 spiro atoms. The van der Waals surface area contributed by atoms with Crippen LogP contribution in [0.4, 0.5) is 0 Å². The van der Waals surface area contributed by atoms with E-state index >= 15 is 0 Å². The summed E-state index contributed by atoms with van der Waals surface area (Å²) in [5.41, 5.74) is -0.156. The van der Waals surface area contributed by atoms with Gasteiger partial charge in [0.15, 0.2) is 6.10 Å². The number of hydrogen-bond donors (Lipinski definition) is 1. The summed E-state index contributed by atoms with van der Waals surface area (Å²) in [6, 6.07) is 0. The molecule has 1 fully saturated rings. The molecule has 0 bridgehead atoms. The number of rotatable bonds is 6. The minimum Gasteiger partial charge on any atom is -0.479 e. The van der Waals surface area contributed by atoms with Gasteiger partial charge in [-0.1, -0.05) is 0 Å². The first-order valence-electron chi connectivity index (χ1n) is 4.41. The molecule has 0 amide bonds. The Morgan fingerprint density at radius 1 is 1.54 bits per heavy atom. The third-order valence-corrected chi connectivity index (χ3v) is 2.71. The molecule has 13 heavy (non-hydrogen) atoms. The van der Waals surface area contributed by atoms with Crippen LogP contribution in [0.25, 0.3) is 0 Å². The molecule has 1 unspecified atom stereocenters. The number of carboxylic acids is 1. The van der Waals surface area contributed by atoms with Gasteiger partial charge < -0.3 is 14.6 Å². The summed E-state index contributed by atoms with van der Waals surface area (Å²) in [6.45, 7) is 0.604. The Labute approximate surface area is 77.8 Å². The lowest BCUT2D eigenvalue weighted by Crippen LogP contribution is -2.33. The van der Waals surface area contributed by atoms with Gasteiger partial charge in [-0.2, -0.15) is 0 Å². The van der Waals surface area contributed by atoms with Crippen molar-refractivity contribution in [3.8, 4) is 0 Å². The Kier molecular flexibility index (Phi) is 3.27. The molecule has 0 aliphatic heterocycles. The van der Waals surface area contributed by atoms with Crippen molar-refractivity contribution in [2.45, 2.75) is 25.4 Å². The van der Waals surface area contributed by atoms with E-state index in [9.17, 15) is 4.79 Å². The highest BCUT2D eigenvalue weighted by Crippen LogP contribution is 2.52. The Hall–Kier alpha value is -0.610. The normalized spacial score (nSPS) is 21.1. The monoisotopic (exact) mass is 188 g/mol. The van der Waals surface area contributed by atoms with Crippen molar-refractivity contribution in [2.24, 2.45) is 5.41 Å². The lowest BCUT2D eigenvalue weighted by atomic mass is 9.95. The van der Waals surface area contributed by atoms with Crippen LogP contribution in [-0.4, -0.2) is 38.0 Å². The number of methoxy groups -OCH3 is 2. The van der Waals surface area contributed by atoms with E-state index in [1.807, 2.05) is 0 Å². The van der Waals surface area contributed by atoms with Gasteiger partial charge in [0.05, 0.1) is 0 Å². The zero-order valence-electron chi connectivity index (χ0n) is 8.08. The fourth-order valence-electron chi connectivity index (χ4n) is 1.72. The van der Waals surface area contributed by atoms with Crippen molar-refractivity contribution in [2.75, 3.05) is 20.8 Å². The molecule has 1 atom stereocenters. The number of carboxylic acid groups (broad SMARTS) is 1. The minimum atomic E-state index is -0.865. The summed E-state index contributed by atoms with van der Waals surface area (Å²) in [5.74, 6) is -0.865. The highest BCUT2D eigenvalue weighted by molar-refractivity contribution is 5.74. The van der Waals surface area contributed by atoms with E-state index in [1.54, 1.807) is 7.11 Å². The highest BCUT2D eigenvalue weighted by Gasteiger charge is 2.52. The molecule has 0 aromatic rings. The van der Waals surface area contributed by atoms with Crippen molar-refractivity contribution < 1.29 is 19.4 Å². The first-order chi connectivity index (χ1) is 6.16. The zero-order chi connectivity index (χ0) is 9.90. The van der Waals surface area contributed by atoms with Crippen LogP contribution < -0.4 is 0 Å². The molecule has 0 aromatic carbocycles. The second-order valence-corrected chi connectivity index (χ2v) is 3.56. The van der Waals surface area contributed by atoms with Crippen LogP contribution in [0, 0.1) is 5.41 Å². The average molecular weight is 188 g/mol. The molecule has 1 rings (SSSR count). The van der Waals surface area contributed by atoms with Gasteiger partial charge in [-0.25, -0.2) is 4.79 Å². The average Bonchev–Trinajstić information content (AvgIpc) is 2.83. The van der Waals surface area contributed by atoms with Crippen LogP contribution in [0.5, 0.6) is 0 Å². The topological polar surface area (TPSA) is 55.8 Å². The van der Waals surface area contributed by atoms with Gasteiger partial charge in [-0.05, 0) is 19.3 Å². The molecular formula is C9H16O4. The second-order valence-electron chi connectivity index (χ2n) is 3.56. The van der Waals surface area contributed by atoms with E-state index in [0.29, 0.717) is 6.61 Å². The van der Waals surface area contributed by atoms with Crippen molar-refractivity contribution in [1.29, 1.82) is 0 Å².